The average Bonchev–Trinajstić information content (AvgIpc) is 2.76. The number of Topliss-reactive ketones (excluding diaryl/α,β-unsaturated/α-hetero) is 1. The largest absolute Gasteiger partial charge is 0.301 e. The van der Waals surface area contributed by atoms with Crippen molar-refractivity contribution in [2.75, 3.05) is 5.75 Å². The standard InChI is InChI=1S/C24H19ClN2O2S/c1-15-21(13-18-7-4-6-16-5-2-3-8-20(16)18)26-24(27-23(15)29)30-14-22(28)17-9-11-19(25)12-10-17/h2-12H,13-14H2,1H3,(H,26,27,29). The molecule has 3 aromatic carbocycles. The van der Waals surface area contributed by atoms with Crippen molar-refractivity contribution in [1.29, 1.82) is 0 Å². The Bertz CT molecular complexity index is 1280. The van der Waals surface area contributed by atoms with Crippen LogP contribution in [-0.2, 0) is 6.42 Å². The monoisotopic (exact) mass is 434 g/mol. The van der Waals surface area contributed by atoms with Gasteiger partial charge in [-0.15, -0.1) is 0 Å². The molecule has 0 radical (unpaired) electrons. The number of H-pyrrole nitrogens is 1. The van der Waals surface area contributed by atoms with Crippen LogP contribution in [0.15, 0.2) is 76.7 Å². The van der Waals surface area contributed by atoms with Crippen LogP contribution in [0.3, 0.4) is 0 Å². The Hall–Kier alpha value is -2.89. The van der Waals surface area contributed by atoms with Gasteiger partial charge in [-0.1, -0.05) is 65.8 Å². The third kappa shape index (κ3) is 4.48. The quantitative estimate of drug-likeness (QED) is 0.249. The molecule has 4 aromatic rings. The smallest absolute Gasteiger partial charge is 0.254 e. The first-order valence-corrected chi connectivity index (χ1v) is 10.9. The lowest BCUT2D eigenvalue weighted by molar-refractivity contribution is 0.102. The first-order chi connectivity index (χ1) is 14.5. The van der Waals surface area contributed by atoms with Crippen LogP contribution in [0.4, 0.5) is 0 Å². The van der Waals surface area contributed by atoms with Crippen molar-refractivity contribution in [2.24, 2.45) is 0 Å². The predicted molar refractivity (Wildman–Crippen MR) is 123 cm³/mol. The summed E-state index contributed by atoms with van der Waals surface area (Å²) >= 11 is 7.11. The van der Waals surface area contributed by atoms with Gasteiger partial charge in [-0.25, -0.2) is 4.98 Å². The number of carbonyl (C=O) groups excluding carboxylic acids is 1. The van der Waals surface area contributed by atoms with E-state index in [2.05, 4.69) is 34.2 Å². The Morgan fingerprint density at radius 1 is 1.03 bits per heavy atom. The molecule has 0 aliphatic rings. The molecule has 30 heavy (non-hydrogen) atoms. The van der Waals surface area contributed by atoms with E-state index in [1.54, 1.807) is 31.2 Å². The topological polar surface area (TPSA) is 62.8 Å². The molecule has 0 aliphatic carbocycles. The second-order valence-electron chi connectivity index (χ2n) is 6.98. The summed E-state index contributed by atoms with van der Waals surface area (Å²) in [5.74, 6) is 0.136. The van der Waals surface area contributed by atoms with Crippen molar-refractivity contribution in [1.82, 2.24) is 9.97 Å². The normalized spacial score (nSPS) is 11.0. The van der Waals surface area contributed by atoms with Gasteiger partial charge in [0.25, 0.3) is 5.56 Å². The summed E-state index contributed by atoms with van der Waals surface area (Å²) in [6.07, 6.45) is 0.551. The molecule has 0 saturated carbocycles. The molecule has 1 heterocycles. The molecule has 1 N–H and O–H groups in total. The van der Waals surface area contributed by atoms with Crippen LogP contribution in [0.25, 0.3) is 10.8 Å². The minimum absolute atomic E-state index is 0.0458. The number of hydrogen-bond acceptors (Lipinski definition) is 4. The van der Waals surface area contributed by atoms with E-state index >= 15 is 0 Å². The van der Waals surface area contributed by atoms with E-state index in [-0.39, 0.29) is 17.1 Å². The summed E-state index contributed by atoms with van der Waals surface area (Å²) in [4.78, 5) is 32.3. The number of nitrogens with zero attached hydrogens (tertiary/aromatic N) is 1. The summed E-state index contributed by atoms with van der Waals surface area (Å²) in [5.41, 5.74) is 2.83. The molecule has 0 fully saturated rings. The van der Waals surface area contributed by atoms with E-state index in [1.807, 2.05) is 18.2 Å². The average molecular weight is 435 g/mol. The molecule has 0 aliphatic heterocycles. The molecule has 4 rings (SSSR count). The van der Waals surface area contributed by atoms with E-state index in [0.29, 0.717) is 27.7 Å². The highest BCUT2D eigenvalue weighted by atomic mass is 35.5. The van der Waals surface area contributed by atoms with Gasteiger partial charge < -0.3 is 4.98 Å². The maximum atomic E-state index is 12.5. The van der Waals surface area contributed by atoms with Crippen molar-refractivity contribution in [3.05, 3.63) is 104 Å². The lowest BCUT2D eigenvalue weighted by atomic mass is 9.99. The molecule has 0 amide bonds. The lowest BCUT2D eigenvalue weighted by Gasteiger charge is -2.10. The van der Waals surface area contributed by atoms with Crippen LogP contribution in [0.5, 0.6) is 0 Å². The van der Waals surface area contributed by atoms with Crippen LogP contribution in [0, 0.1) is 6.92 Å². The summed E-state index contributed by atoms with van der Waals surface area (Å²) in [6.45, 7) is 1.78. The SMILES string of the molecule is Cc1c(Cc2cccc3ccccc23)nc(SCC(=O)c2ccc(Cl)cc2)[nH]c1=O. The van der Waals surface area contributed by atoms with Gasteiger partial charge in [-0.3, -0.25) is 9.59 Å². The van der Waals surface area contributed by atoms with Crippen molar-refractivity contribution in [3.63, 3.8) is 0 Å². The third-order valence-electron chi connectivity index (χ3n) is 4.97. The molecular formula is C24H19ClN2O2S. The van der Waals surface area contributed by atoms with Crippen molar-refractivity contribution in [3.8, 4) is 0 Å². The fraction of sp³-hybridized carbons (Fsp3) is 0.125. The van der Waals surface area contributed by atoms with Crippen LogP contribution in [-0.4, -0.2) is 21.5 Å². The number of carbonyl (C=O) groups is 1. The van der Waals surface area contributed by atoms with E-state index in [1.165, 1.54) is 11.8 Å². The summed E-state index contributed by atoms with van der Waals surface area (Å²) in [7, 11) is 0. The molecule has 4 nitrogen and oxygen atoms in total. The van der Waals surface area contributed by atoms with Gasteiger partial charge in [0.05, 0.1) is 11.4 Å². The minimum atomic E-state index is -0.179. The second kappa shape index (κ2) is 8.86. The highest BCUT2D eigenvalue weighted by Crippen LogP contribution is 2.22. The fourth-order valence-electron chi connectivity index (χ4n) is 3.28. The first-order valence-electron chi connectivity index (χ1n) is 9.49. The molecule has 0 unspecified atom stereocenters. The Labute approximate surface area is 183 Å². The van der Waals surface area contributed by atoms with Gasteiger partial charge in [0.2, 0.25) is 0 Å². The molecule has 150 valence electrons. The number of rotatable bonds is 6. The highest BCUT2D eigenvalue weighted by molar-refractivity contribution is 7.99. The van der Waals surface area contributed by atoms with Crippen LogP contribution >= 0.6 is 23.4 Å². The zero-order valence-corrected chi connectivity index (χ0v) is 17.9. The number of hydrogen-bond donors (Lipinski definition) is 1. The van der Waals surface area contributed by atoms with E-state index < -0.39 is 0 Å². The zero-order valence-electron chi connectivity index (χ0n) is 16.3. The summed E-state index contributed by atoms with van der Waals surface area (Å²) < 4.78 is 0. The van der Waals surface area contributed by atoms with Crippen molar-refractivity contribution >= 4 is 39.9 Å². The number of fused-ring (bicyclic) bond motifs is 1. The van der Waals surface area contributed by atoms with Gasteiger partial charge in [0, 0.05) is 22.6 Å². The Morgan fingerprint density at radius 2 is 1.77 bits per heavy atom. The maximum absolute atomic E-state index is 12.5. The highest BCUT2D eigenvalue weighted by Gasteiger charge is 2.13. The third-order valence-corrected chi connectivity index (χ3v) is 6.10. The van der Waals surface area contributed by atoms with Gasteiger partial charge in [0.15, 0.2) is 10.9 Å². The van der Waals surface area contributed by atoms with Gasteiger partial charge >= 0.3 is 0 Å². The molecule has 6 heteroatoms. The molecule has 0 atom stereocenters. The van der Waals surface area contributed by atoms with E-state index in [9.17, 15) is 9.59 Å². The lowest BCUT2D eigenvalue weighted by Crippen LogP contribution is -2.17. The summed E-state index contributed by atoms with van der Waals surface area (Å²) in [5, 5.41) is 3.33. The molecular weight excluding hydrogens is 416 g/mol. The maximum Gasteiger partial charge on any atom is 0.254 e. The predicted octanol–water partition coefficient (Wildman–Crippen LogP) is 5.45. The number of benzene rings is 3. The van der Waals surface area contributed by atoms with Gasteiger partial charge in [0.1, 0.15) is 0 Å². The Kier molecular flexibility index (Phi) is 6.02. The molecule has 1 aromatic heterocycles. The van der Waals surface area contributed by atoms with Crippen molar-refractivity contribution in [2.45, 2.75) is 18.5 Å². The first kappa shape index (κ1) is 20.4. The van der Waals surface area contributed by atoms with E-state index in [4.69, 9.17) is 11.6 Å². The number of aromatic nitrogens is 2. The fourth-order valence-corrected chi connectivity index (χ4v) is 4.18. The number of aromatic amines is 1. The number of nitrogens with one attached hydrogen (secondary N) is 1. The molecule has 0 bridgehead atoms. The Balaban J connectivity index is 1.57. The number of halogens is 1. The van der Waals surface area contributed by atoms with E-state index in [0.717, 1.165) is 22.0 Å². The number of ketones is 1. The molecule has 0 saturated heterocycles. The van der Waals surface area contributed by atoms with Crippen LogP contribution < -0.4 is 5.56 Å². The molecule has 0 spiro atoms. The van der Waals surface area contributed by atoms with Gasteiger partial charge in [-0.05, 0) is 47.5 Å². The van der Waals surface area contributed by atoms with Crippen molar-refractivity contribution < 1.29 is 4.79 Å². The summed E-state index contributed by atoms with van der Waals surface area (Å²) in [6, 6.07) is 21.1. The minimum Gasteiger partial charge on any atom is -0.301 e. The zero-order chi connectivity index (χ0) is 21.1. The van der Waals surface area contributed by atoms with Gasteiger partial charge in [-0.2, -0.15) is 0 Å². The van der Waals surface area contributed by atoms with Crippen LogP contribution in [0.1, 0.15) is 27.2 Å². The number of thioether (sulfide) groups is 1. The van der Waals surface area contributed by atoms with Crippen LogP contribution in [0.2, 0.25) is 5.02 Å². The Morgan fingerprint density at radius 3 is 2.57 bits per heavy atom. The second-order valence-corrected chi connectivity index (χ2v) is 8.38.